The van der Waals surface area contributed by atoms with Crippen molar-refractivity contribution in [2.24, 2.45) is 0 Å². The summed E-state index contributed by atoms with van der Waals surface area (Å²) in [4.78, 5) is 24.7. The van der Waals surface area contributed by atoms with Gasteiger partial charge in [-0.1, -0.05) is 41.6 Å². The first-order valence-corrected chi connectivity index (χ1v) is 9.36. The van der Waals surface area contributed by atoms with Crippen LogP contribution in [-0.4, -0.2) is 29.1 Å². The zero-order chi connectivity index (χ0) is 21.5. The van der Waals surface area contributed by atoms with Crippen molar-refractivity contribution in [2.45, 2.75) is 13.8 Å². The number of hydrogen-bond donors (Lipinski definition) is 0. The summed E-state index contributed by atoms with van der Waals surface area (Å²) in [6.07, 6.45) is 3.17. The number of para-hydroxylation sites is 1. The average Bonchev–Trinajstić information content (AvgIpc) is 3.13. The molecule has 1 aromatic heterocycles. The van der Waals surface area contributed by atoms with Gasteiger partial charge in [-0.2, -0.15) is 0 Å². The molecule has 2 aromatic carbocycles. The monoisotopic (exact) mass is 407 g/mol. The van der Waals surface area contributed by atoms with Crippen LogP contribution < -0.4 is 9.64 Å². The van der Waals surface area contributed by atoms with Crippen molar-refractivity contribution < 1.29 is 19.0 Å². The zero-order valence-electron chi connectivity index (χ0n) is 16.6. The molecular formula is C22H21N3O5. The Labute approximate surface area is 173 Å². The first-order valence-electron chi connectivity index (χ1n) is 9.36. The number of aryl methyl sites for hydroxylation is 1. The van der Waals surface area contributed by atoms with E-state index in [1.165, 1.54) is 13.0 Å². The second-order valence-electron chi connectivity index (χ2n) is 6.40. The second-order valence-corrected chi connectivity index (χ2v) is 6.40. The van der Waals surface area contributed by atoms with E-state index in [4.69, 9.17) is 9.26 Å². The van der Waals surface area contributed by atoms with Crippen LogP contribution in [0.3, 0.4) is 0 Å². The summed E-state index contributed by atoms with van der Waals surface area (Å²) in [5, 5.41) is 14.7. The third-order valence-corrected chi connectivity index (χ3v) is 4.39. The molecule has 0 fully saturated rings. The number of rotatable bonds is 8. The van der Waals surface area contributed by atoms with E-state index in [0.29, 0.717) is 12.3 Å². The minimum atomic E-state index is -0.519. The Morgan fingerprint density at radius 1 is 1.17 bits per heavy atom. The van der Waals surface area contributed by atoms with Gasteiger partial charge in [0.2, 0.25) is 5.76 Å². The normalized spacial score (nSPS) is 10.9. The van der Waals surface area contributed by atoms with Crippen LogP contribution in [0.4, 0.5) is 11.4 Å². The van der Waals surface area contributed by atoms with E-state index < -0.39 is 4.92 Å². The topological polar surface area (TPSA) is 98.7 Å². The number of nitro groups is 1. The molecule has 0 bridgehead atoms. The number of anilines is 1. The average molecular weight is 407 g/mol. The summed E-state index contributed by atoms with van der Waals surface area (Å²) >= 11 is 0. The highest BCUT2D eigenvalue weighted by Gasteiger charge is 2.21. The van der Waals surface area contributed by atoms with Gasteiger partial charge in [-0.15, -0.1) is 0 Å². The minimum absolute atomic E-state index is 0.0819. The molecule has 3 aromatic rings. The Bertz CT molecular complexity index is 1040. The largest absolute Gasteiger partial charge is 0.484 e. The molecule has 154 valence electrons. The van der Waals surface area contributed by atoms with E-state index in [2.05, 4.69) is 5.16 Å². The lowest BCUT2D eigenvalue weighted by molar-refractivity contribution is -0.386. The van der Waals surface area contributed by atoms with Crippen LogP contribution in [0, 0.1) is 17.0 Å². The fraction of sp³-hybridized carbons (Fsp3) is 0.182. The number of hydrogen-bond acceptors (Lipinski definition) is 6. The maximum atomic E-state index is 12.5. The number of aromatic nitrogens is 1. The third kappa shape index (κ3) is 4.91. The Morgan fingerprint density at radius 2 is 1.87 bits per heavy atom. The van der Waals surface area contributed by atoms with Gasteiger partial charge in [0.25, 0.3) is 5.91 Å². The number of likely N-dealkylation sites (N-methyl/N-ethyl adjacent to an activating group) is 1. The molecule has 0 unspecified atom stereocenters. The minimum Gasteiger partial charge on any atom is -0.484 e. The number of carbonyl (C=O) groups is 1. The molecule has 1 amide bonds. The van der Waals surface area contributed by atoms with Crippen molar-refractivity contribution in [1.29, 1.82) is 0 Å². The predicted molar refractivity (Wildman–Crippen MR) is 113 cm³/mol. The molecule has 8 nitrogen and oxygen atoms in total. The van der Waals surface area contributed by atoms with E-state index in [9.17, 15) is 14.9 Å². The van der Waals surface area contributed by atoms with Gasteiger partial charge >= 0.3 is 5.69 Å². The Kier molecular flexibility index (Phi) is 6.59. The molecule has 0 aliphatic heterocycles. The van der Waals surface area contributed by atoms with Gasteiger partial charge in [-0.25, -0.2) is 0 Å². The summed E-state index contributed by atoms with van der Waals surface area (Å²) in [6, 6.07) is 16.4. The van der Waals surface area contributed by atoms with Gasteiger partial charge < -0.3 is 14.2 Å². The van der Waals surface area contributed by atoms with Crippen molar-refractivity contribution in [3.05, 3.63) is 81.7 Å². The van der Waals surface area contributed by atoms with Crippen LogP contribution in [0.2, 0.25) is 0 Å². The van der Waals surface area contributed by atoms with E-state index in [0.717, 1.165) is 11.3 Å². The molecule has 30 heavy (non-hydrogen) atoms. The number of benzene rings is 2. The summed E-state index contributed by atoms with van der Waals surface area (Å²) in [5.74, 6) is 0.496. The predicted octanol–water partition coefficient (Wildman–Crippen LogP) is 4.49. The van der Waals surface area contributed by atoms with Crippen LogP contribution in [-0.2, 0) is 4.79 Å². The number of carbonyl (C=O) groups excluding carboxylic acids is 1. The highest BCUT2D eigenvalue weighted by Crippen LogP contribution is 2.25. The van der Waals surface area contributed by atoms with Crippen LogP contribution >= 0.6 is 0 Å². The van der Waals surface area contributed by atoms with Crippen molar-refractivity contribution in [3.63, 3.8) is 0 Å². The first-order chi connectivity index (χ1) is 14.5. The van der Waals surface area contributed by atoms with E-state index in [1.807, 2.05) is 37.3 Å². The van der Waals surface area contributed by atoms with Crippen LogP contribution in [0.15, 0.2) is 59.1 Å². The molecular weight excluding hydrogens is 386 g/mol. The van der Waals surface area contributed by atoms with Gasteiger partial charge in [0.05, 0.1) is 4.92 Å². The molecule has 0 saturated heterocycles. The molecule has 1 heterocycles. The molecule has 0 spiro atoms. The van der Waals surface area contributed by atoms with Crippen molar-refractivity contribution in [3.8, 4) is 5.75 Å². The molecule has 0 aliphatic carbocycles. The zero-order valence-corrected chi connectivity index (χ0v) is 16.6. The molecule has 0 atom stereocenters. The SMILES string of the molecule is CCN(C(=O)COc1ccc(/C=C/c2onc(C)c2[N+](=O)[O-])cc1)c1ccccc1. The lowest BCUT2D eigenvalue weighted by Gasteiger charge is -2.21. The Hall–Kier alpha value is -3.94. The second kappa shape index (κ2) is 9.51. The smallest absolute Gasteiger partial charge is 0.338 e. The van der Waals surface area contributed by atoms with E-state index in [-0.39, 0.29) is 29.7 Å². The summed E-state index contributed by atoms with van der Waals surface area (Å²) < 4.78 is 10.6. The molecule has 8 heteroatoms. The maximum Gasteiger partial charge on any atom is 0.338 e. The number of amides is 1. The van der Waals surface area contributed by atoms with Gasteiger partial charge in [0.1, 0.15) is 5.75 Å². The molecule has 0 radical (unpaired) electrons. The van der Waals surface area contributed by atoms with Gasteiger partial charge in [-0.3, -0.25) is 14.9 Å². The Balaban J connectivity index is 1.61. The summed E-state index contributed by atoms with van der Waals surface area (Å²) in [6.45, 7) is 3.89. The van der Waals surface area contributed by atoms with Crippen molar-refractivity contribution in [2.75, 3.05) is 18.1 Å². The summed E-state index contributed by atoms with van der Waals surface area (Å²) in [5.41, 5.74) is 1.69. The maximum absolute atomic E-state index is 12.5. The Morgan fingerprint density at radius 3 is 2.50 bits per heavy atom. The molecule has 3 rings (SSSR count). The molecule has 0 aliphatic rings. The van der Waals surface area contributed by atoms with Crippen molar-refractivity contribution >= 4 is 29.4 Å². The van der Waals surface area contributed by atoms with E-state index in [1.54, 1.807) is 35.2 Å². The van der Waals surface area contributed by atoms with Crippen LogP contribution in [0.1, 0.15) is 23.9 Å². The van der Waals surface area contributed by atoms with Crippen molar-refractivity contribution in [1.82, 2.24) is 5.16 Å². The first kappa shape index (κ1) is 20.8. The highest BCUT2D eigenvalue weighted by molar-refractivity contribution is 5.94. The highest BCUT2D eigenvalue weighted by atomic mass is 16.6. The standard InChI is InChI=1S/C22H21N3O5/c1-3-24(18-7-5-4-6-8-18)21(26)15-29-19-12-9-17(10-13-19)11-14-20-22(25(27)28)16(2)23-30-20/h4-14H,3,15H2,1-2H3/b14-11+. The van der Waals surface area contributed by atoms with Crippen LogP contribution in [0.5, 0.6) is 5.75 Å². The van der Waals surface area contributed by atoms with E-state index >= 15 is 0 Å². The summed E-state index contributed by atoms with van der Waals surface area (Å²) in [7, 11) is 0. The molecule has 0 N–H and O–H groups in total. The van der Waals surface area contributed by atoms with Gasteiger partial charge in [-0.05, 0) is 49.8 Å². The number of nitrogens with zero attached hydrogens (tertiary/aromatic N) is 3. The number of ether oxygens (including phenoxy) is 1. The third-order valence-electron chi connectivity index (χ3n) is 4.39. The quantitative estimate of drug-likeness (QED) is 0.403. The fourth-order valence-corrected chi connectivity index (χ4v) is 2.89. The van der Waals surface area contributed by atoms with Gasteiger partial charge in [0, 0.05) is 12.2 Å². The molecule has 0 saturated carbocycles. The lowest BCUT2D eigenvalue weighted by Crippen LogP contribution is -2.34. The van der Waals surface area contributed by atoms with Crippen LogP contribution in [0.25, 0.3) is 12.2 Å². The van der Waals surface area contributed by atoms with Gasteiger partial charge in [0.15, 0.2) is 12.3 Å². The lowest BCUT2D eigenvalue weighted by atomic mass is 10.2. The fourth-order valence-electron chi connectivity index (χ4n) is 2.89.